The zero-order valence-electron chi connectivity index (χ0n) is 16.5. The molecule has 1 atom stereocenters. The molecule has 3 aromatic rings. The van der Waals surface area contributed by atoms with Crippen molar-refractivity contribution in [1.29, 1.82) is 0 Å². The Balaban J connectivity index is 1.66. The summed E-state index contributed by atoms with van der Waals surface area (Å²) in [4.78, 5) is 15.8. The van der Waals surface area contributed by atoms with Gasteiger partial charge in [-0.1, -0.05) is 37.6 Å². The monoisotopic (exact) mass is 380 g/mol. The van der Waals surface area contributed by atoms with E-state index >= 15 is 0 Å². The van der Waals surface area contributed by atoms with E-state index in [1.165, 1.54) is 0 Å². The second-order valence-corrected chi connectivity index (χ2v) is 6.93. The van der Waals surface area contributed by atoms with Crippen LogP contribution in [0, 0.1) is 6.92 Å². The zero-order chi connectivity index (χ0) is 19.8. The molecule has 0 bridgehead atoms. The van der Waals surface area contributed by atoms with Crippen LogP contribution in [0.4, 0.5) is 0 Å². The third kappa shape index (κ3) is 5.36. The van der Waals surface area contributed by atoms with Crippen molar-refractivity contribution in [3.63, 3.8) is 0 Å². The largest absolute Gasteiger partial charge is 0.489 e. The Bertz CT molecular complexity index is 889. The van der Waals surface area contributed by atoms with Gasteiger partial charge in [0.05, 0.1) is 5.56 Å². The number of rotatable bonds is 10. The first kappa shape index (κ1) is 20.0. The maximum atomic E-state index is 12.5. The second kappa shape index (κ2) is 9.95. The number of aromatic nitrogens is 1. The normalized spacial score (nSPS) is 12.1. The third-order valence-electron chi connectivity index (χ3n) is 4.55. The molecule has 1 aromatic heterocycles. The lowest BCUT2D eigenvalue weighted by molar-refractivity contribution is 0.0179. The molecule has 0 aliphatic rings. The minimum atomic E-state index is -0.375. The predicted octanol–water partition coefficient (Wildman–Crippen LogP) is 4.47. The lowest BCUT2D eigenvalue weighted by atomic mass is 10.2. The molecule has 2 N–H and O–H groups in total. The van der Waals surface area contributed by atoms with Crippen LogP contribution in [0.2, 0.25) is 0 Å². The van der Waals surface area contributed by atoms with E-state index in [-0.39, 0.29) is 12.1 Å². The van der Waals surface area contributed by atoms with Gasteiger partial charge in [0.25, 0.3) is 0 Å². The first-order valence-corrected chi connectivity index (χ1v) is 9.85. The van der Waals surface area contributed by atoms with E-state index < -0.39 is 0 Å². The number of hydrogen-bond acceptors (Lipinski definition) is 4. The number of aromatic amines is 1. The fourth-order valence-corrected chi connectivity index (χ4v) is 3.07. The van der Waals surface area contributed by atoms with Crippen molar-refractivity contribution in [2.75, 3.05) is 19.7 Å². The van der Waals surface area contributed by atoms with E-state index in [1.54, 1.807) is 12.1 Å². The van der Waals surface area contributed by atoms with Gasteiger partial charge in [0.1, 0.15) is 18.5 Å². The molecule has 28 heavy (non-hydrogen) atoms. The Morgan fingerprint density at radius 1 is 1.14 bits per heavy atom. The molecule has 5 heteroatoms. The molecular weight excluding hydrogens is 352 g/mol. The summed E-state index contributed by atoms with van der Waals surface area (Å²) in [5, 5.41) is 4.39. The molecule has 148 valence electrons. The molecule has 2 aromatic carbocycles. The average molecular weight is 380 g/mol. The van der Waals surface area contributed by atoms with Crippen LogP contribution < -0.4 is 10.1 Å². The highest BCUT2D eigenvalue weighted by Crippen LogP contribution is 2.26. The zero-order valence-corrected chi connectivity index (χ0v) is 16.5. The molecular formula is C23H28N2O3. The van der Waals surface area contributed by atoms with E-state index in [2.05, 4.69) is 23.3 Å². The maximum absolute atomic E-state index is 12.5. The van der Waals surface area contributed by atoms with Crippen molar-refractivity contribution in [1.82, 2.24) is 10.3 Å². The molecule has 1 unspecified atom stereocenters. The molecule has 0 saturated carbocycles. The van der Waals surface area contributed by atoms with Crippen LogP contribution in [0.15, 0.2) is 54.6 Å². The lowest BCUT2D eigenvalue weighted by Crippen LogP contribution is -2.36. The first-order chi connectivity index (χ1) is 13.7. The Hall–Kier alpha value is -2.79. The van der Waals surface area contributed by atoms with Gasteiger partial charge in [-0.05, 0) is 50.2 Å². The number of esters is 1. The number of unbranched alkanes of at least 4 members (excludes halogenated alkanes) is 1. The molecule has 3 rings (SSSR count). The summed E-state index contributed by atoms with van der Waals surface area (Å²) in [5.41, 5.74) is 2.66. The van der Waals surface area contributed by atoms with Crippen molar-refractivity contribution in [3.05, 3.63) is 65.9 Å². The molecule has 1 heterocycles. The highest BCUT2D eigenvalue weighted by molar-refractivity contribution is 5.89. The van der Waals surface area contributed by atoms with Crippen molar-refractivity contribution >= 4 is 16.9 Å². The molecule has 0 aliphatic heterocycles. The first-order valence-electron chi connectivity index (χ1n) is 9.85. The standard InChI is InChI=1S/C23H28N2O3/c1-3-4-13-24-15-19(28-23(26)18-9-6-5-7-10-18)16-27-22-12-8-11-21-20(22)14-17(2)25-21/h5-12,14,19,24-25H,3-4,13,15-16H2,1-2H3. The summed E-state index contributed by atoms with van der Waals surface area (Å²) in [6.07, 6.45) is 1.83. The second-order valence-electron chi connectivity index (χ2n) is 6.93. The fourth-order valence-electron chi connectivity index (χ4n) is 3.07. The Morgan fingerprint density at radius 3 is 2.75 bits per heavy atom. The Morgan fingerprint density at radius 2 is 1.96 bits per heavy atom. The number of benzene rings is 2. The predicted molar refractivity (Wildman–Crippen MR) is 112 cm³/mol. The average Bonchev–Trinajstić information content (AvgIpc) is 3.10. The van der Waals surface area contributed by atoms with Crippen molar-refractivity contribution in [3.8, 4) is 5.75 Å². The highest BCUT2D eigenvalue weighted by Gasteiger charge is 2.17. The number of H-pyrrole nitrogens is 1. The summed E-state index contributed by atoms with van der Waals surface area (Å²) < 4.78 is 11.8. The van der Waals surface area contributed by atoms with Crippen LogP contribution in [-0.2, 0) is 4.74 Å². The van der Waals surface area contributed by atoms with Crippen LogP contribution in [-0.4, -0.2) is 36.8 Å². The van der Waals surface area contributed by atoms with E-state index in [1.807, 2.05) is 43.3 Å². The minimum Gasteiger partial charge on any atom is -0.489 e. The van der Waals surface area contributed by atoms with Gasteiger partial charge >= 0.3 is 5.97 Å². The van der Waals surface area contributed by atoms with E-state index in [0.717, 1.165) is 41.7 Å². The van der Waals surface area contributed by atoms with Crippen LogP contribution in [0.1, 0.15) is 35.8 Å². The Kier molecular flexibility index (Phi) is 7.09. The third-order valence-corrected chi connectivity index (χ3v) is 4.55. The number of nitrogens with one attached hydrogen (secondary N) is 2. The SMILES string of the molecule is CCCCNCC(COc1cccc2[nH]c(C)cc12)OC(=O)c1ccccc1. The maximum Gasteiger partial charge on any atom is 0.338 e. The number of aryl methyl sites for hydroxylation is 1. The van der Waals surface area contributed by atoms with E-state index in [0.29, 0.717) is 18.7 Å². The van der Waals surface area contributed by atoms with Gasteiger partial charge in [0.15, 0.2) is 0 Å². The summed E-state index contributed by atoms with van der Waals surface area (Å²) in [7, 11) is 0. The number of hydrogen-bond donors (Lipinski definition) is 2. The van der Waals surface area contributed by atoms with E-state index in [9.17, 15) is 4.79 Å². The minimum absolute atomic E-state index is 0.293. The van der Waals surface area contributed by atoms with Crippen LogP contribution in [0.25, 0.3) is 10.9 Å². The summed E-state index contributed by atoms with van der Waals surface area (Å²) in [5.74, 6) is 0.457. The topological polar surface area (TPSA) is 63.4 Å². The lowest BCUT2D eigenvalue weighted by Gasteiger charge is -2.19. The molecule has 5 nitrogen and oxygen atoms in total. The molecule has 0 fully saturated rings. The van der Waals surface area contributed by atoms with Crippen LogP contribution in [0.3, 0.4) is 0 Å². The number of carbonyl (C=O) groups is 1. The van der Waals surface area contributed by atoms with Crippen LogP contribution in [0.5, 0.6) is 5.75 Å². The molecule has 0 amide bonds. The summed E-state index contributed by atoms with van der Waals surface area (Å²) in [6, 6.07) is 17.0. The molecule has 0 saturated heterocycles. The van der Waals surface area contributed by atoms with Gasteiger partial charge in [-0.3, -0.25) is 0 Å². The van der Waals surface area contributed by atoms with Gasteiger partial charge in [0.2, 0.25) is 0 Å². The summed E-state index contributed by atoms with van der Waals surface area (Å²) >= 11 is 0. The molecule has 0 radical (unpaired) electrons. The van der Waals surface area contributed by atoms with Crippen molar-refractivity contribution in [2.45, 2.75) is 32.8 Å². The number of carbonyl (C=O) groups excluding carboxylic acids is 1. The molecule has 0 spiro atoms. The van der Waals surface area contributed by atoms with Gasteiger partial charge in [-0.25, -0.2) is 4.79 Å². The fraction of sp³-hybridized carbons (Fsp3) is 0.348. The van der Waals surface area contributed by atoms with Gasteiger partial charge in [-0.15, -0.1) is 0 Å². The highest BCUT2D eigenvalue weighted by atomic mass is 16.6. The van der Waals surface area contributed by atoms with E-state index in [4.69, 9.17) is 9.47 Å². The Labute approximate surface area is 166 Å². The number of ether oxygens (including phenoxy) is 2. The van der Waals surface area contributed by atoms with Gasteiger partial charge in [0, 0.05) is 23.1 Å². The molecule has 0 aliphatic carbocycles. The van der Waals surface area contributed by atoms with Gasteiger partial charge in [-0.2, -0.15) is 0 Å². The summed E-state index contributed by atoms with van der Waals surface area (Å²) in [6.45, 7) is 5.91. The number of fused-ring (bicyclic) bond motifs is 1. The smallest absolute Gasteiger partial charge is 0.338 e. The van der Waals surface area contributed by atoms with Crippen molar-refractivity contribution < 1.29 is 14.3 Å². The van der Waals surface area contributed by atoms with Crippen LogP contribution >= 0.6 is 0 Å². The van der Waals surface area contributed by atoms with Crippen molar-refractivity contribution in [2.24, 2.45) is 0 Å². The van der Waals surface area contributed by atoms with Gasteiger partial charge < -0.3 is 19.8 Å². The quantitative estimate of drug-likeness (QED) is 0.402.